The Morgan fingerprint density at radius 3 is 2.46 bits per heavy atom. The van der Waals surface area contributed by atoms with E-state index in [0.29, 0.717) is 12.6 Å². The minimum Gasteiger partial charge on any atom is -0.394 e. The van der Waals surface area contributed by atoms with E-state index in [1.807, 2.05) is 20.8 Å². The zero-order valence-electron chi connectivity index (χ0n) is 8.63. The lowest BCUT2D eigenvalue weighted by molar-refractivity contribution is -0.121. The molecule has 0 fully saturated rings. The molecule has 0 rings (SSSR count). The number of hydrogen-bond donors (Lipinski definition) is 3. The van der Waals surface area contributed by atoms with Crippen molar-refractivity contribution in [1.82, 2.24) is 10.6 Å². The molecule has 13 heavy (non-hydrogen) atoms. The minimum atomic E-state index is -0.110. The van der Waals surface area contributed by atoms with Crippen LogP contribution in [0.3, 0.4) is 0 Å². The molecule has 4 heteroatoms. The van der Waals surface area contributed by atoms with Crippen LogP contribution in [-0.4, -0.2) is 36.2 Å². The Balaban J connectivity index is 3.60. The van der Waals surface area contributed by atoms with Crippen molar-refractivity contribution in [2.75, 3.05) is 13.2 Å². The predicted octanol–water partition coefficient (Wildman–Crippen LogP) is -0.128. The highest BCUT2D eigenvalue weighted by molar-refractivity contribution is 5.78. The van der Waals surface area contributed by atoms with Gasteiger partial charge in [0.25, 0.3) is 0 Å². The van der Waals surface area contributed by atoms with Crippen LogP contribution in [0.1, 0.15) is 27.2 Å². The maximum atomic E-state index is 11.2. The van der Waals surface area contributed by atoms with Crippen LogP contribution < -0.4 is 10.6 Å². The van der Waals surface area contributed by atoms with E-state index in [2.05, 4.69) is 10.6 Å². The van der Waals surface area contributed by atoms with Crippen LogP contribution >= 0.6 is 0 Å². The molecule has 0 aliphatic heterocycles. The Hall–Kier alpha value is -0.610. The Morgan fingerprint density at radius 1 is 1.46 bits per heavy atom. The van der Waals surface area contributed by atoms with Gasteiger partial charge < -0.3 is 15.7 Å². The normalized spacial score (nSPS) is 13.0. The van der Waals surface area contributed by atoms with Crippen LogP contribution in [0.2, 0.25) is 0 Å². The van der Waals surface area contributed by atoms with Crippen LogP contribution in [-0.2, 0) is 4.79 Å². The maximum Gasteiger partial charge on any atom is 0.234 e. The quantitative estimate of drug-likeness (QED) is 0.544. The van der Waals surface area contributed by atoms with E-state index in [1.165, 1.54) is 0 Å². The van der Waals surface area contributed by atoms with Gasteiger partial charge in [0.15, 0.2) is 0 Å². The molecule has 1 amide bonds. The summed E-state index contributed by atoms with van der Waals surface area (Å²) in [5.41, 5.74) is 0. The van der Waals surface area contributed by atoms with Crippen molar-refractivity contribution < 1.29 is 9.90 Å². The molecule has 1 atom stereocenters. The molecule has 0 aliphatic rings. The van der Waals surface area contributed by atoms with Gasteiger partial charge >= 0.3 is 0 Å². The molecule has 78 valence electrons. The number of carbonyl (C=O) groups excluding carboxylic acids is 1. The molecular formula is C9H20N2O2. The van der Waals surface area contributed by atoms with E-state index in [1.54, 1.807) is 0 Å². The second-order valence-corrected chi connectivity index (χ2v) is 3.39. The first kappa shape index (κ1) is 12.4. The largest absolute Gasteiger partial charge is 0.394 e. The second-order valence-electron chi connectivity index (χ2n) is 3.39. The minimum absolute atomic E-state index is 0.00389. The summed E-state index contributed by atoms with van der Waals surface area (Å²) in [6.07, 6.45) is 0.754. The highest BCUT2D eigenvalue weighted by atomic mass is 16.3. The molecule has 0 saturated carbocycles. The zero-order valence-corrected chi connectivity index (χ0v) is 8.63. The van der Waals surface area contributed by atoms with Crippen molar-refractivity contribution in [1.29, 1.82) is 0 Å². The summed E-state index contributed by atoms with van der Waals surface area (Å²) < 4.78 is 0. The third-order valence-corrected chi connectivity index (χ3v) is 1.75. The maximum absolute atomic E-state index is 11.2. The molecular weight excluding hydrogens is 168 g/mol. The number of rotatable bonds is 6. The van der Waals surface area contributed by atoms with E-state index in [-0.39, 0.29) is 18.6 Å². The van der Waals surface area contributed by atoms with Gasteiger partial charge in [-0.3, -0.25) is 4.79 Å². The predicted molar refractivity (Wildman–Crippen MR) is 52.4 cm³/mol. The molecule has 3 N–H and O–H groups in total. The van der Waals surface area contributed by atoms with E-state index < -0.39 is 0 Å². The Morgan fingerprint density at radius 2 is 2.08 bits per heavy atom. The van der Waals surface area contributed by atoms with Crippen molar-refractivity contribution in [2.45, 2.75) is 39.3 Å². The van der Waals surface area contributed by atoms with Crippen LogP contribution in [0.25, 0.3) is 0 Å². The number of amides is 1. The summed E-state index contributed by atoms with van der Waals surface area (Å²) in [5, 5.41) is 14.5. The van der Waals surface area contributed by atoms with Crippen molar-refractivity contribution >= 4 is 5.91 Å². The Kier molecular flexibility index (Phi) is 6.54. The van der Waals surface area contributed by atoms with Gasteiger partial charge in [0.05, 0.1) is 19.2 Å². The van der Waals surface area contributed by atoms with Gasteiger partial charge in [0, 0.05) is 6.04 Å². The lowest BCUT2D eigenvalue weighted by Crippen LogP contribution is -2.43. The van der Waals surface area contributed by atoms with Gasteiger partial charge in [0.2, 0.25) is 5.91 Å². The summed E-state index contributed by atoms with van der Waals surface area (Å²) in [6.45, 7) is 6.21. The molecule has 0 spiro atoms. The van der Waals surface area contributed by atoms with Gasteiger partial charge in [-0.25, -0.2) is 0 Å². The van der Waals surface area contributed by atoms with Crippen LogP contribution in [0.15, 0.2) is 0 Å². The molecule has 0 radical (unpaired) electrons. The van der Waals surface area contributed by atoms with Crippen molar-refractivity contribution in [2.24, 2.45) is 0 Å². The van der Waals surface area contributed by atoms with Gasteiger partial charge in [0.1, 0.15) is 0 Å². The smallest absolute Gasteiger partial charge is 0.234 e. The molecule has 4 nitrogen and oxygen atoms in total. The fourth-order valence-electron chi connectivity index (χ4n) is 0.852. The molecule has 0 aromatic rings. The van der Waals surface area contributed by atoms with Gasteiger partial charge in [-0.15, -0.1) is 0 Å². The number of carbonyl (C=O) groups is 1. The highest BCUT2D eigenvalue weighted by Gasteiger charge is 2.08. The summed E-state index contributed by atoms with van der Waals surface area (Å²) in [4.78, 5) is 11.2. The van der Waals surface area contributed by atoms with Gasteiger partial charge in [-0.2, -0.15) is 0 Å². The highest BCUT2D eigenvalue weighted by Crippen LogP contribution is 1.87. The summed E-state index contributed by atoms with van der Waals surface area (Å²) >= 11 is 0. The van der Waals surface area contributed by atoms with E-state index in [9.17, 15) is 4.79 Å². The molecule has 0 bridgehead atoms. The number of hydrogen-bond acceptors (Lipinski definition) is 3. The first-order chi connectivity index (χ1) is 6.10. The Bertz CT molecular complexity index is 145. The average molecular weight is 188 g/mol. The van der Waals surface area contributed by atoms with Crippen molar-refractivity contribution in [3.8, 4) is 0 Å². The van der Waals surface area contributed by atoms with E-state index >= 15 is 0 Å². The third-order valence-electron chi connectivity index (χ3n) is 1.75. The third kappa shape index (κ3) is 6.54. The SMILES string of the molecule is CC[C@@H](CO)NC(=O)CNC(C)C. The first-order valence-electron chi connectivity index (χ1n) is 4.73. The molecule has 0 saturated heterocycles. The molecule has 0 unspecified atom stereocenters. The lowest BCUT2D eigenvalue weighted by Gasteiger charge is -2.15. The summed E-state index contributed by atoms with van der Waals surface area (Å²) in [5.74, 6) is -0.0606. The van der Waals surface area contributed by atoms with Gasteiger partial charge in [-0.1, -0.05) is 20.8 Å². The van der Waals surface area contributed by atoms with Crippen LogP contribution in [0.4, 0.5) is 0 Å². The zero-order chi connectivity index (χ0) is 10.3. The molecule has 0 aliphatic carbocycles. The van der Waals surface area contributed by atoms with Crippen molar-refractivity contribution in [3.05, 3.63) is 0 Å². The fraction of sp³-hybridized carbons (Fsp3) is 0.889. The molecule has 0 aromatic heterocycles. The van der Waals surface area contributed by atoms with E-state index in [0.717, 1.165) is 6.42 Å². The average Bonchev–Trinajstić information content (AvgIpc) is 2.10. The standard InChI is InChI=1S/C9H20N2O2/c1-4-8(6-12)11-9(13)5-10-7(2)3/h7-8,10,12H,4-6H2,1-3H3,(H,11,13)/t8-/m0/s1. The lowest BCUT2D eigenvalue weighted by atomic mass is 10.2. The number of aliphatic hydroxyl groups excluding tert-OH is 1. The topological polar surface area (TPSA) is 61.4 Å². The van der Waals surface area contributed by atoms with Crippen molar-refractivity contribution in [3.63, 3.8) is 0 Å². The first-order valence-corrected chi connectivity index (χ1v) is 4.73. The van der Waals surface area contributed by atoms with E-state index in [4.69, 9.17) is 5.11 Å². The fourth-order valence-corrected chi connectivity index (χ4v) is 0.852. The second kappa shape index (κ2) is 6.86. The number of aliphatic hydroxyl groups is 1. The Labute approximate surface area is 79.7 Å². The van der Waals surface area contributed by atoms with Gasteiger partial charge in [-0.05, 0) is 6.42 Å². The van der Waals surface area contributed by atoms with Crippen LogP contribution in [0, 0.1) is 0 Å². The van der Waals surface area contributed by atoms with Crippen LogP contribution in [0.5, 0.6) is 0 Å². The summed E-state index contributed by atoms with van der Waals surface area (Å²) in [7, 11) is 0. The number of nitrogens with one attached hydrogen (secondary N) is 2. The molecule has 0 heterocycles. The monoisotopic (exact) mass is 188 g/mol. The molecule has 0 aromatic carbocycles. The summed E-state index contributed by atoms with van der Waals surface area (Å²) in [6, 6.07) is 0.196.